The van der Waals surface area contributed by atoms with E-state index in [-0.39, 0.29) is 35.8 Å². The van der Waals surface area contributed by atoms with Gasteiger partial charge in [-0.25, -0.2) is 14.4 Å². The van der Waals surface area contributed by atoms with Crippen molar-refractivity contribution in [3.63, 3.8) is 0 Å². The minimum atomic E-state index is -0.423. The van der Waals surface area contributed by atoms with Crippen LogP contribution in [0.4, 0.5) is 15.9 Å². The topological polar surface area (TPSA) is 122 Å². The number of aromatic nitrogens is 2. The molecule has 5 N–H and O–H groups in total. The van der Waals surface area contributed by atoms with Crippen molar-refractivity contribution >= 4 is 23.3 Å². The molecule has 1 fully saturated rings. The van der Waals surface area contributed by atoms with Crippen molar-refractivity contribution in [2.75, 3.05) is 24.1 Å². The van der Waals surface area contributed by atoms with Crippen LogP contribution in [0.1, 0.15) is 28.9 Å². The normalized spacial score (nSPS) is 15.6. The van der Waals surface area contributed by atoms with Gasteiger partial charge in [-0.2, -0.15) is 0 Å². The lowest BCUT2D eigenvalue weighted by Crippen LogP contribution is -2.46. The molecule has 1 aromatic heterocycles. The summed E-state index contributed by atoms with van der Waals surface area (Å²) < 4.78 is 13.8. The fraction of sp³-hybridized carbons (Fsp3) is 0.250. The minimum Gasteiger partial charge on any atom is -0.382 e. The summed E-state index contributed by atoms with van der Waals surface area (Å²) in [5.41, 5.74) is 7.92. The molecule has 9 heteroatoms. The van der Waals surface area contributed by atoms with Gasteiger partial charge in [0.2, 0.25) is 5.91 Å². The Hall–Kier alpha value is -3.85. The summed E-state index contributed by atoms with van der Waals surface area (Å²) in [5, 5.41) is 8.96. The van der Waals surface area contributed by atoms with Gasteiger partial charge in [0, 0.05) is 23.8 Å². The summed E-state index contributed by atoms with van der Waals surface area (Å²) in [6.07, 6.45) is 3.27. The van der Waals surface area contributed by atoms with Gasteiger partial charge in [-0.3, -0.25) is 9.59 Å². The number of nitrogen functional groups attached to an aromatic ring is 1. The first-order valence-electron chi connectivity index (χ1n) is 10.8. The summed E-state index contributed by atoms with van der Waals surface area (Å²) in [4.78, 5) is 33.7. The Labute approximate surface area is 190 Å². The van der Waals surface area contributed by atoms with Crippen molar-refractivity contribution < 1.29 is 14.0 Å². The fourth-order valence-corrected chi connectivity index (χ4v) is 3.71. The third-order valence-electron chi connectivity index (χ3n) is 5.40. The molecular formula is C24H25FN6O2. The summed E-state index contributed by atoms with van der Waals surface area (Å²) in [7, 11) is 0. The number of nitrogens with one attached hydrogen (secondary N) is 3. The summed E-state index contributed by atoms with van der Waals surface area (Å²) in [6, 6.07) is 13.2. The lowest BCUT2D eigenvalue weighted by molar-refractivity contribution is -0.115. The van der Waals surface area contributed by atoms with Crippen LogP contribution in [0, 0.1) is 5.82 Å². The number of hydrogen-bond donors (Lipinski definition) is 4. The molecule has 8 nitrogen and oxygen atoms in total. The van der Waals surface area contributed by atoms with Crippen LogP contribution < -0.4 is 21.7 Å². The molecule has 0 radical (unpaired) electrons. The zero-order valence-corrected chi connectivity index (χ0v) is 18.0. The molecule has 0 spiro atoms. The van der Waals surface area contributed by atoms with Crippen LogP contribution in [0.15, 0.2) is 54.7 Å². The Morgan fingerprint density at radius 1 is 1.18 bits per heavy atom. The molecule has 0 aliphatic carbocycles. The van der Waals surface area contributed by atoms with Gasteiger partial charge in [0.15, 0.2) is 11.5 Å². The number of piperidine rings is 1. The zero-order valence-electron chi connectivity index (χ0n) is 18.0. The van der Waals surface area contributed by atoms with Crippen LogP contribution in [-0.4, -0.2) is 40.9 Å². The summed E-state index contributed by atoms with van der Waals surface area (Å²) >= 11 is 0. The third kappa shape index (κ3) is 5.69. The molecule has 0 unspecified atom stereocenters. The Morgan fingerprint density at radius 3 is 2.82 bits per heavy atom. The fourth-order valence-electron chi connectivity index (χ4n) is 3.71. The SMILES string of the molecule is Nc1ncc(-c2cccc(NC(=O)Cc3ccccc3F)c2)nc1C(=O)N[C@H]1CCCNC1. The Kier molecular flexibility index (Phi) is 6.89. The zero-order chi connectivity index (χ0) is 23.2. The van der Waals surface area contributed by atoms with Crippen LogP contribution in [0.3, 0.4) is 0 Å². The highest BCUT2D eigenvalue weighted by Gasteiger charge is 2.20. The second kappa shape index (κ2) is 10.2. The van der Waals surface area contributed by atoms with Gasteiger partial charge in [-0.15, -0.1) is 0 Å². The number of hydrogen-bond acceptors (Lipinski definition) is 6. The second-order valence-corrected chi connectivity index (χ2v) is 7.90. The molecule has 2 aromatic carbocycles. The number of carbonyl (C=O) groups is 2. The van der Waals surface area contributed by atoms with Crippen molar-refractivity contribution in [3.05, 3.63) is 71.8 Å². The van der Waals surface area contributed by atoms with Crippen LogP contribution >= 0.6 is 0 Å². The smallest absolute Gasteiger partial charge is 0.274 e. The lowest BCUT2D eigenvalue weighted by Gasteiger charge is -2.23. The van der Waals surface area contributed by atoms with Crippen molar-refractivity contribution in [2.24, 2.45) is 0 Å². The third-order valence-corrected chi connectivity index (χ3v) is 5.40. The van der Waals surface area contributed by atoms with E-state index >= 15 is 0 Å². The largest absolute Gasteiger partial charge is 0.382 e. The molecule has 33 heavy (non-hydrogen) atoms. The van der Waals surface area contributed by atoms with E-state index in [4.69, 9.17) is 5.73 Å². The number of carbonyl (C=O) groups excluding carboxylic acids is 2. The van der Waals surface area contributed by atoms with Crippen molar-refractivity contribution in [1.29, 1.82) is 0 Å². The first-order valence-corrected chi connectivity index (χ1v) is 10.8. The van der Waals surface area contributed by atoms with Crippen molar-refractivity contribution in [3.8, 4) is 11.3 Å². The van der Waals surface area contributed by atoms with Crippen LogP contribution in [0.5, 0.6) is 0 Å². The first kappa shape index (κ1) is 22.3. The second-order valence-electron chi connectivity index (χ2n) is 7.90. The van der Waals surface area contributed by atoms with E-state index < -0.39 is 5.82 Å². The van der Waals surface area contributed by atoms with Crippen LogP contribution in [0.25, 0.3) is 11.3 Å². The highest BCUT2D eigenvalue weighted by molar-refractivity contribution is 5.97. The maximum atomic E-state index is 13.8. The molecule has 3 aromatic rings. The summed E-state index contributed by atoms with van der Waals surface area (Å²) in [6.45, 7) is 1.64. The molecule has 4 rings (SSSR count). The number of rotatable bonds is 6. The molecular weight excluding hydrogens is 423 g/mol. The number of halogens is 1. The highest BCUT2D eigenvalue weighted by Crippen LogP contribution is 2.22. The van der Waals surface area contributed by atoms with Crippen LogP contribution in [0.2, 0.25) is 0 Å². The van der Waals surface area contributed by atoms with Gasteiger partial charge in [0.25, 0.3) is 5.91 Å². The molecule has 1 atom stereocenters. The Morgan fingerprint density at radius 2 is 2.03 bits per heavy atom. The van der Waals surface area contributed by atoms with E-state index in [1.165, 1.54) is 12.3 Å². The average molecular weight is 449 g/mol. The molecule has 0 bridgehead atoms. The molecule has 0 saturated carbocycles. The lowest BCUT2D eigenvalue weighted by atomic mass is 10.1. The monoisotopic (exact) mass is 448 g/mol. The number of nitrogens with zero attached hydrogens (tertiary/aromatic N) is 2. The van der Waals surface area contributed by atoms with Crippen molar-refractivity contribution in [1.82, 2.24) is 20.6 Å². The molecule has 1 saturated heterocycles. The van der Waals surface area contributed by atoms with E-state index in [2.05, 4.69) is 25.9 Å². The van der Waals surface area contributed by atoms with Crippen molar-refractivity contribution in [2.45, 2.75) is 25.3 Å². The quantitative estimate of drug-likeness (QED) is 0.460. The standard InChI is InChI=1S/C24H25FN6O2/c25-19-9-2-1-5-15(19)12-21(32)29-17-7-3-6-16(11-17)20-14-28-23(26)22(31-20)24(33)30-18-8-4-10-27-13-18/h1-3,5-7,9,11,14,18,27H,4,8,10,12-13H2,(H2,26,28)(H,29,32)(H,30,33)/t18-/m0/s1. The minimum absolute atomic E-state index is 0.0177. The van der Waals surface area contributed by atoms with Gasteiger partial charge in [-0.05, 0) is 43.1 Å². The maximum Gasteiger partial charge on any atom is 0.274 e. The van der Waals surface area contributed by atoms with E-state index in [1.807, 2.05) is 0 Å². The molecule has 1 aliphatic rings. The van der Waals surface area contributed by atoms with E-state index in [0.29, 0.717) is 29.1 Å². The molecule has 1 aliphatic heterocycles. The number of anilines is 2. The van der Waals surface area contributed by atoms with Gasteiger partial charge < -0.3 is 21.7 Å². The van der Waals surface area contributed by atoms with Gasteiger partial charge in [0.1, 0.15) is 5.82 Å². The molecule has 170 valence electrons. The average Bonchev–Trinajstić information content (AvgIpc) is 2.81. The van der Waals surface area contributed by atoms with Gasteiger partial charge >= 0.3 is 0 Å². The maximum absolute atomic E-state index is 13.8. The Bertz CT molecular complexity index is 1160. The number of benzene rings is 2. The first-order chi connectivity index (χ1) is 16.0. The highest BCUT2D eigenvalue weighted by atomic mass is 19.1. The predicted molar refractivity (Wildman–Crippen MR) is 124 cm³/mol. The molecule has 2 amide bonds. The van der Waals surface area contributed by atoms with Gasteiger partial charge in [0.05, 0.1) is 18.3 Å². The van der Waals surface area contributed by atoms with Crippen LogP contribution in [-0.2, 0) is 11.2 Å². The van der Waals surface area contributed by atoms with E-state index in [9.17, 15) is 14.0 Å². The van der Waals surface area contributed by atoms with E-state index in [0.717, 1.165) is 19.4 Å². The number of nitrogens with two attached hydrogens (primary N) is 1. The van der Waals surface area contributed by atoms with E-state index in [1.54, 1.807) is 42.5 Å². The number of amides is 2. The molecule has 2 heterocycles. The Balaban J connectivity index is 1.48. The summed E-state index contributed by atoms with van der Waals surface area (Å²) in [5.74, 6) is -1.09. The predicted octanol–water partition coefficient (Wildman–Crippen LogP) is 2.53. The van der Waals surface area contributed by atoms with Gasteiger partial charge in [-0.1, -0.05) is 30.3 Å².